The second kappa shape index (κ2) is 8.12. The first kappa shape index (κ1) is 15.9. The first-order valence-corrected chi connectivity index (χ1v) is 8.53. The van der Waals surface area contributed by atoms with E-state index in [1.807, 2.05) is 0 Å². The standard InChI is InChI=1S/C16H18BrIN2/c17-13-9-10-15(18)14(11-13)16(20-19)8-4-7-12-5-2-1-3-6-12/h1-3,5-6,9-11,16,20H,4,7-8,19H2. The summed E-state index contributed by atoms with van der Waals surface area (Å²) in [4.78, 5) is 0. The van der Waals surface area contributed by atoms with Crippen LogP contribution in [-0.2, 0) is 6.42 Å². The maximum Gasteiger partial charge on any atom is 0.0471 e. The number of benzene rings is 2. The molecule has 3 N–H and O–H groups in total. The molecule has 0 fully saturated rings. The minimum atomic E-state index is 0.197. The Balaban J connectivity index is 1.97. The van der Waals surface area contributed by atoms with Crippen LogP contribution in [0, 0.1) is 3.57 Å². The highest BCUT2D eigenvalue weighted by Gasteiger charge is 2.13. The molecule has 0 radical (unpaired) electrons. The smallest absolute Gasteiger partial charge is 0.0471 e. The first-order valence-electron chi connectivity index (χ1n) is 6.65. The van der Waals surface area contributed by atoms with E-state index in [2.05, 4.69) is 92.5 Å². The zero-order valence-corrected chi connectivity index (χ0v) is 14.9. The number of hydrogen-bond acceptors (Lipinski definition) is 2. The molecule has 4 heteroatoms. The van der Waals surface area contributed by atoms with E-state index in [9.17, 15) is 0 Å². The summed E-state index contributed by atoms with van der Waals surface area (Å²) in [6.45, 7) is 0. The third-order valence-corrected chi connectivity index (χ3v) is 4.81. The fourth-order valence-corrected chi connectivity index (χ4v) is 3.36. The summed E-state index contributed by atoms with van der Waals surface area (Å²) in [6.07, 6.45) is 3.23. The Morgan fingerprint density at radius 3 is 2.60 bits per heavy atom. The van der Waals surface area contributed by atoms with Gasteiger partial charge in [0, 0.05) is 14.1 Å². The molecule has 2 rings (SSSR count). The van der Waals surface area contributed by atoms with Gasteiger partial charge < -0.3 is 0 Å². The van der Waals surface area contributed by atoms with E-state index < -0.39 is 0 Å². The Morgan fingerprint density at radius 2 is 1.90 bits per heavy atom. The van der Waals surface area contributed by atoms with Gasteiger partial charge >= 0.3 is 0 Å². The Bertz CT molecular complexity index is 545. The van der Waals surface area contributed by atoms with Gasteiger partial charge in [0.2, 0.25) is 0 Å². The largest absolute Gasteiger partial charge is 0.271 e. The average molecular weight is 445 g/mol. The molecule has 2 aromatic carbocycles. The van der Waals surface area contributed by atoms with Crippen LogP contribution in [0.4, 0.5) is 0 Å². The molecule has 2 nitrogen and oxygen atoms in total. The summed E-state index contributed by atoms with van der Waals surface area (Å²) in [7, 11) is 0. The lowest BCUT2D eigenvalue weighted by molar-refractivity contribution is 0.496. The lowest BCUT2D eigenvalue weighted by atomic mass is 9.99. The van der Waals surface area contributed by atoms with Crippen molar-refractivity contribution >= 4 is 38.5 Å². The molecule has 2 aromatic rings. The van der Waals surface area contributed by atoms with Crippen LogP contribution < -0.4 is 11.3 Å². The van der Waals surface area contributed by atoms with Crippen molar-refractivity contribution in [1.29, 1.82) is 0 Å². The van der Waals surface area contributed by atoms with Gasteiger partial charge in [-0.1, -0.05) is 46.3 Å². The maximum atomic E-state index is 5.73. The van der Waals surface area contributed by atoms with Crippen molar-refractivity contribution in [2.24, 2.45) is 5.84 Å². The van der Waals surface area contributed by atoms with E-state index in [1.54, 1.807) is 0 Å². The fourth-order valence-electron chi connectivity index (χ4n) is 2.27. The summed E-state index contributed by atoms with van der Waals surface area (Å²) in [5.41, 5.74) is 5.59. The van der Waals surface area contributed by atoms with Crippen LogP contribution in [0.25, 0.3) is 0 Å². The second-order valence-corrected chi connectivity index (χ2v) is 6.84. The van der Waals surface area contributed by atoms with Gasteiger partial charge in [-0.2, -0.15) is 0 Å². The number of nitrogens with two attached hydrogens (primary N) is 1. The minimum Gasteiger partial charge on any atom is -0.271 e. The van der Waals surface area contributed by atoms with Crippen molar-refractivity contribution in [1.82, 2.24) is 5.43 Å². The molecule has 1 unspecified atom stereocenters. The van der Waals surface area contributed by atoms with E-state index >= 15 is 0 Å². The number of hydrazine groups is 1. The number of aryl methyl sites for hydroxylation is 1. The zero-order chi connectivity index (χ0) is 14.4. The van der Waals surface area contributed by atoms with Gasteiger partial charge in [-0.3, -0.25) is 11.3 Å². The molecule has 0 saturated carbocycles. The van der Waals surface area contributed by atoms with Gasteiger partial charge in [0.05, 0.1) is 0 Å². The summed E-state index contributed by atoms with van der Waals surface area (Å²) in [6, 6.07) is 17.1. The van der Waals surface area contributed by atoms with Gasteiger partial charge in [0.15, 0.2) is 0 Å². The van der Waals surface area contributed by atoms with Crippen molar-refractivity contribution in [3.63, 3.8) is 0 Å². The molecule has 0 saturated heterocycles. The molecule has 0 aliphatic carbocycles. The SMILES string of the molecule is NNC(CCCc1ccccc1)c1cc(Br)ccc1I. The Hall–Kier alpha value is -0.430. The normalized spacial score (nSPS) is 12.3. The molecule has 0 aromatic heterocycles. The monoisotopic (exact) mass is 444 g/mol. The zero-order valence-electron chi connectivity index (χ0n) is 11.2. The highest BCUT2D eigenvalue weighted by atomic mass is 127. The van der Waals surface area contributed by atoms with Gasteiger partial charge in [-0.25, -0.2) is 0 Å². The Labute approximate surface area is 142 Å². The molecule has 0 aliphatic rings. The number of hydrogen-bond donors (Lipinski definition) is 2. The molecule has 0 amide bonds. The molecule has 0 bridgehead atoms. The predicted molar refractivity (Wildman–Crippen MR) is 96.3 cm³/mol. The highest BCUT2D eigenvalue weighted by Crippen LogP contribution is 2.27. The van der Waals surface area contributed by atoms with E-state index in [0.29, 0.717) is 0 Å². The molecule has 0 heterocycles. The van der Waals surface area contributed by atoms with E-state index in [4.69, 9.17) is 5.84 Å². The number of rotatable bonds is 6. The third-order valence-electron chi connectivity index (χ3n) is 3.34. The van der Waals surface area contributed by atoms with Crippen LogP contribution in [0.3, 0.4) is 0 Å². The van der Waals surface area contributed by atoms with E-state index in [1.165, 1.54) is 14.7 Å². The Kier molecular flexibility index (Phi) is 6.48. The van der Waals surface area contributed by atoms with Crippen LogP contribution in [0.5, 0.6) is 0 Å². The van der Waals surface area contributed by atoms with Gasteiger partial charge in [0.1, 0.15) is 0 Å². The van der Waals surface area contributed by atoms with Crippen LogP contribution in [-0.4, -0.2) is 0 Å². The third kappa shape index (κ3) is 4.55. The Morgan fingerprint density at radius 1 is 1.15 bits per heavy atom. The summed E-state index contributed by atoms with van der Waals surface area (Å²) in [5, 5.41) is 0. The topological polar surface area (TPSA) is 38.0 Å². The minimum absolute atomic E-state index is 0.197. The van der Waals surface area contributed by atoms with Crippen LogP contribution in [0.1, 0.15) is 30.0 Å². The molecule has 1 atom stereocenters. The molecular formula is C16H18BrIN2. The van der Waals surface area contributed by atoms with Gasteiger partial charge in [0.25, 0.3) is 0 Å². The van der Waals surface area contributed by atoms with Crippen molar-refractivity contribution in [3.8, 4) is 0 Å². The molecule has 0 spiro atoms. The summed E-state index contributed by atoms with van der Waals surface area (Å²) >= 11 is 5.89. The first-order chi connectivity index (χ1) is 9.70. The quantitative estimate of drug-likeness (QED) is 0.388. The fraction of sp³-hybridized carbons (Fsp3) is 0.250. The van der Waals surface area contributed by atoms with Gasteiger partial charge in [-0.15, -0.1) is 0 Å². The van der Waals surface area contributed by atoms with Crippen molar-refractivity contribution in [2.75, 3.05) is 0 Å². The second-order valence-electron chi connectivity index (χ2n) is 4.76. The summed E-state index contributed by atoms with van der Waals surface area (Å²) < 4.78 is 2.34. The lowest BCUT2D eigenvalue weighted by Crippen LogP contribution is -2.28. The van der Waals surface area contributed by atoms with Crippen LogP contribution in [0.2, 0.25) is 0 Å². The molecular weight excluding hydrogens is 427 g/mol. The van der Waals surface area contributed by atoms with Crippen molar-refractivity contribution in [3.05, 3.63) is 67.7 Å². The van der Waals surface area contributed by atoms with E-state index in [0.717, 1.165) is 23.7 Å². The summed E-state index contributed by atoms with van der Waals surface area (Å²) in [5.74, 6) is 5.73. The molecule has 106 valence electrons. The van der Waals surface area contributed by atoms with Crippen LogP contribution >= 0.6 is 38.5 Å². The maximum absolute atomic E-state index is 5.73. The van der Waals surface area contributed by atoms with Crippen LogP contribution in [0.15, 0.2) is 53.0 Å². The highest BCUT2D eigenvalue weighted by molar-refractivity contribution is 14.1. The number of halogens is 2. The average Bonchev–Trinajstić information content (AvgIpc) is 2.48. The predicted octanol–water partition coefficient (Wildman–Crippen LogP) is 4.58. The molecule has 0 aliphatic heterocycles. The molecule has 20 heavy (non-hydrogen) atoms. The van der Waals surface area contributed by atoms with E-state index in [-0.39, 0.29) is 6.04 Å². The van der Waals surface area contributed by atoms with Crippen molar-refractivity contribution in [2.45, 2.75) is 25.3 Å². The van der Waals surface area contributed by atoms with Gasteiger partial charge in [-0.05, 0) is 71.2 Å². The van der Waals surface area contributed by atoms with Crippen molar-refractivity contribution < 1.29 is 0 Å². The number of nitrogens with one attached hydrogen (secondary N) is 1. The lowest BCUT2D eigenvalue weighted by Gasteiger charge is -2.18.